The molecule has 2 aromatic carbocycles. The Balaban J connectivity index is 1.92. The van der Waals surface area contributed by atoms with Gasteiger partial charge >= 0.3 is 0 Å². The molecule has 2 aromatic rings. The van der Waals surface area contributed by atoms with E-state index in [1.54, 1.807) is 13.0 Å². The molecule has 2 rings (SSSR count). The van der Waals surface area contributed by atoms with Crippen molar-refractivity contribution in [3.8, 4) is 0 Å². The minimum atomic E-state index is -0.518. The van der Waals surface area contributed by atoms with Crippen LogP contribution in [0.5, 0.6) is 0 Å². The van der Waals surface area contributed by atoms with Gasteiger partial charge in [-0.1, -0.05) is 23.8 Å². The first-order valence-corrected chi connectivity index (χ1v) is 10.4. The highest BCUT2D eigenvalue weighted by Crippen LogP contribution is 2.14. The van der Waals surface area contributed by atoms with E-state index < -0.39 is 11.7 Å². The van der Waals surface area contributed by atoms with E-state index in [0.717, 1.165) is 23.2 Å². The van der Waals surface area contributed by atoms with E-state index in [0.29, 0.717) is 31.7 Å². The summed E-state index contributed by atoms with van der Waals surface area (Å²) in [5, 5.41) is 5.72. The molecular weight excluding hydrogens is 395 g/mol. The topological polar surface area (TPSA) is 64.7 Å². The molecule has 6 nitrogen and oxygen atoms in total. The molecule has 0 bridgehead atoms. The summed E-state index contributed by atoms with van der Waals surface area (Å²) in [5.41, 5.74) is 3.48. The molecule has 0 radical (unpaired) electrons. The molecule has 0 unspecified atom stereocenters. The number of halogens is 1. The number of carbonyl (C=O) groups is 2. The summed E-state index contributed by atoms with van der Waals surface area (Å²) in [6, 6.07) is 10.4. The summed E-state index contributed by atoms with van der Waals surface area (Å²) in [4.78, 5) is 28.9. The van der Waals surface area contributed by atoms with Crippen molar-refractivity contribution in [1.82, 2.24) is 20.4 Å². The van der Waals surface area contributed by atoms with Gasteiger partial charge in [0.1, 0.15) is 5.82 Å². The molecule has 0 aliphatic heterocycles. The second kappa shape index (κ2) is 11.6. The van der Waals surface area contributed by atoms with E-state index >= 15 is 0 Å². The molecular formula is C24H33FN4O2. The minimum Gasteiger partial charge on any atom is -0.351 e. The molecule has 0 aliphatic rings. The Morgan fingerprint density at radius 2 is 1.39 bits per heavy atom. The van der Waals surface area contributed by atoms with Gasteiger partial charge in [-0.25, -0.2) is 4.39 Å². The standard InChI is InChI=1S/C24H33FN4O2/c1-17-6-8-20(23(30)26-10-12-28(3)4)19(14-17)16-29(5)13-11-27-24(31)21-9-7-18(2)15-22(21)25/h6-9,14-15H,10-13,16H2,1-5H3,(H,26,30)(H,27,31). The Hall–Kier alpha value is -2.77. The molecule has 168 valence electrons. The lowest BCUT2D eigenvalue weighted by Gasteiger charge is -2.20. The SMILES string of the molecule is Cc1ccc(C(=O)NCCN(C)Cc2cc(C)ccc2C(=O)NCCN(C)C)c(F)c1. The molecule has 0 fully saturated rings. The van der Waals surface area contributed by atoms with Gasteiger partial charge in [-0.05, 0) is 64.3 Å². The number of nitrogens with zero attached hydrogens (tertiary/aromatic N) is 2. The maximum absolute atomic E-state index is 14.0. The normalized spacial score (nSPS) is 11.1. The average Bonchev–Trinajstić information content (AvgIpc) is 2.67. The van der Waals surface area contributed by atoms with E-state index in [-0.39, 0.29) is 11.5 Å². The largest absolute Gasteiger partial charge is 0.351 e. The fraction of sp³-hybridized carbons (Fsp3) is 0.417. The molecule has 7 heteroatoms. The lowest BCUT2D eigenvalue weighted by Crippen LogP contribution is -2.34. The van der Waals surface area contributed by atoms with Crippen LogP contribution in [0.3, 0.4) is 0 Å². The maximum atomic E-state index is 14.0. The van der Waals surface area contributed by atoms with Crippen LogP contribution in [0.4, 0.5) is 4.39 Å². The Kier molecular flexibility index (Phi) is 9.15. The predicted molar refractivity (Wildman–Crippen MR) is 122 cm³/mol. The van der Waals surface area contributed by atoms with Gasteiger partial charge in [-0.3, -0.25) is 9.59 Å². The second-order valence-corrected chi connectivity index (χ2v) is 8.20. The van der Waals surface area contributed by atoms with E-state index in [1.165, 1.54) is 12.1 Å². The van der Waals surface area contributed by atoms with Crippen molar-refractivity contribution in [2.24, 2.45) is 0 Å². The summed E-state index contributed by atoms with van der Waals surface area (Å²) >= 11 is 0. The molecule has 0 saturated heterocycles. The van der Waals surface area contributed by atoms with Gasteiger partial charge in [0.2, 0.25) is 0 Å². The van der Waals surface area contributed by atoms with Crippen LogP contribution in [0.2, 0.25) is 0 Å². The second-order valence-electron chi connectivity index (χ2n) is 8.20. The summed E-state index contributed by atoms with van der Waals surface area (Å²) < 4.78 is 14.0. The minimum absolute atomic E-state index is 0.0450. The van der Waals surface area contributed by atoms with Crippen molar-refractivity contribution < 1.29 is 14.0 Å². The zero-order chi connectivity index (χ0) is 23.0. The average molecular weight is 429 g/mol. The lowest BCUT2D eigenvalue weighted by molar-refractivity contribution is 0.0941. The molecule has 0 saturated carbocycles. The first-order valence-electron chi connectivity index (χ1n) is 10.4. The van der Waals surface area contributed by atoms with Crippen molar-refractivity contribution in [1.29, 1.82) is 0 Å². The molecule has 0 heterocycles. The van der Waals surface area contributed by atoms with Crippen molar-refractivity contribution >= 4 is 11.8 Å². The zero-order valence-electron chi connectivity index (χ0n) is 19.1. The Bertz CT molecular complexity index is 914. The number of carbonyl (C=O) groups excluding carboxylic acids is 2. The zero-order valence-corrected chi connectivity index (χ0v) is 19.1. The summed E-state index contributed by atoms with van der Waals surface area (Å²) in [5.74, 6) is -1.04. The predicted octanol–water partition coefficient (Wildman–Crippen LogP) is 2.60. The molecule has 2 amide bonds. The maximum Gasteiger partial charge on any atom is 0.254 e. The van der Waals surface area contributed by atoms with Gasteiger partial charge in [0.25, 0.3) is 11.8 Å². The van der Waals surface area contributed by atoms with E-state index in [2.05, 4.69) is 10.6 Å². The molecule has 0 spiro atoms. The van der Waals surface area contributed by atoms with E-state index in [9.17, 15) is 14.0 Å². The van der Waals surface area contributed by atoms with Crippen molar-refractivity contribution in [3.63, 3.8) is 0 Å². The van der Waals surface area contributed by atoms with Crippen LogP contribution >= 0.6 is 0 Å². The van der Waals surface area contributed by atoms with Crippen LogP contribution < -0.4 is 10.6 Å². The Morgan fingerprint density at radius 3 is 2.00 bits per heavy atom. The molecule has 2 N–H and O–H groups in total. The molecule has 0 aliphatic carbocycles. The quantitative estimate of drug-likeness (QED) is 0.611. The van der Waals surface area contributed by atoms with Crippen LogP contribution in [-0.4, -0.2) is 68.9 Å². The number of hydrogen-bond donors (Lipinski definition) is 2. The van der Waals surface area contributed by atoms with Crippen LogP contribution in [0.25, 0.3) is 0 Å². The number of likely N-dealkylation sites (N-methyl/N-ethyl adjacent to an activating group) is 2. The van der Waals surface area contributed by atoms with Crippen LogP contribution in [0, 0.1) is 19.7 Å². The van der Waals surface area contributed by atoms with Gasteiger partial charge < -0.3 is 20.4 Å². The van der Waals surface area contributed by atoms with Gasteiger partial charge in [0.05, 0.1) is 5.56 Å². The van der Waals surface area contributed by atoms with Crippen molar-refractivity contribution in [2.75, 3.05) is 47.3 Å². The highest BCUT2D eigenvalue weighted by molar-refractivity contribution is 5.96. The van der Waals surface area contributed by atoms with Gasteiger partial charge in [0, 0.05) is 38.3 Å². The summed E-state index contributed by atoms with van der Waals surface area (Å²) in [6.07, 6.45) is 0. The fourth-order valence-corrected chi connectivity index (χ4v) is 3.19. The monoisotopic (exact) mass is 428 g/mol. The van der Waals surface area contributed by atoms with Crippen LogP contribution in [-0.2, 0) is 6.54 Å². The van der Waals surface area contributed by atoms with Gasteiger partial charge in [-0.15, -0.1) is 0 Å². The number of aryl methyl sites for hydroxylation is 2. The van der Waals surface area contributed by atoms with Crippen molar-refractivity contribution in [2.45, 2.75) is 20.4 Å². The molecule has 0 aromatic heterocycles. The highest BCUT2D eigenvalue weighted by Gasteiger charge is 2.14. The smallest absolute Gasteiger partial charge is 0.254 e. The van der Waals surface area contributed by atoms with E-state index in [4.69, 9.17) is 0 Å². The number of benzene rings is 2. The first-order chi connectivity index (χ1) is 14.7. The molecule has 0 atom stereocenters. The number of nitrogens with one attached hydrogen (secondary N) is 2. The highest BCUT2D eigenvalue weighted by atomic mass is 19.1. The van der Waals surface area contributed by atoms with Crippen LogP contribution in [0.15, 0.2) is 36.4 Å². The number of hydrogen-bond acceptors (Lipinski definition) is 4. The number of rotatable bonds is 10. The van der Waals surface area contributed by atoms with Gasteiger partial charge in [0.15, 0.2) is 0 Å². The van der Waals surface area contributed by atoms with E-state index in [1.807, 2.05) is 56.1 Å². The Morgan fingerprint density at radius 1 is 0.839 bits per heavy atom. The Labute approximate surface area is 184 Å². The number of amides is 2. The molecule has 31 heavy (non-hydrogen) atoms. The first kappa shape index (κ1) is 24.5. The summed E-state index contributed by atoms with van der Waals surface area (Å²) in [6.45, 7) is 6.63. The summed E-state index contributed by atoms with van der Waals surface area (Å²) in [7, 11) is 5.85. The lowest BCUT2D eigenvalue weighted by atomic mass is 10.0. The third-order valence-electron chi connectivity index (χ3n) is 4.94. The third-order valence-corrected chi connectivity index (χ3v) is 4.94. The van der Waals surface area contributed by atoms with Gasteiger partial charge in [-0.2, -0.15) is 0 Å². The van der Waals surface area contributed by atoms with Crippen LogP contribution in [0.1, 0.15) is 37.4 Å². The van der Waals surface area contributed by atoms with Crippen molar-refractivity contribution in [3.05, 3.63) is 70.0 Å². The third kappa shape index (κ3) is 7.77. The fourth-order valence-electron chi connectivity index (χ4n) is 3.19.